The number of carbonyl (C=O) groups excluding carboxylic acids is 1. The molecule has 18 heavy (non-hydrogen) atoms. The van der Waals surface area contributed by atoms with Gasteiger partial charge in [0, 0.05) is 32.2 Å². The van der Waals surface area contributed by atoms with Crippen LogP contribution in [-0.4, -0.2) is 68.1 Å². The predicted molar refractivity (Wildman–Crippen MR) is 74.4 cm³/mol. The van der Waals surface area contributed by atoms with Crippen molar-refractivity contribution in [2.45, 2.75) is 32.4 Å². The molecule has 2 atom stereocenters. The quantitative estimate of drug-likeness (QED) is 0.710. The highest BCUT2D eigenvalue weighted by Gasteiger charge is 2.23. The third-order valence-corrected chi connectivity index (χ3v) is 3.55. The van der Waals surface area contributed by atoms with Crippen LogP contribution in [0.5, 0.6) is 0 Å². The molecule has 0 aromatic carbocycles. The number of hydrogen-bond acceptors (Lipinski definition) is 4. The Labute approximate surface area is 111 Å². The second-order valence-electron chi connectivity index (χ2n) is 5.88. The number of likely N-dealkylation sites (N-methyl/N-ethyl adjacent to an activating group) is 2. The third-order valence-electron chi connectivity index (χ3n) is 3.55. The van der Waals surface area contributed by atoms with Gasteiger partial charge in [0.25, 0.3) is 0 Å². The fourth-order valence-corrected chi connectivity index (χ4v) is 2.29. The first kappa shape index (κ1) is 15.4. The average Bonchev–Trinajstić information content (AvgIpc) is 2.29. The van der Waals surface area contributed by atoms with E-state index in [2.05, 4.69) is 43.1 Å². The van der Waals surface area contributed by atoms with Crippen LogP contribution in [-0.2, 0) is 4.79 Å². The highest BCUT2D eigenvalue weighted by molar-refractivity contribution is 5.81. The third kappa shape index (κ3) is 4.92. The number of nitrogens with one attached hydrogen (secondary N) is 1. The summed E-state index contributed by atoms with van der Waals surface area (Å²) in [7, 11) is 4.23. The van der Waals surface area contributed by atoms with Crippen molar-refractivity contribution in [1.29, 1.82) is 0 Å². The van der Waals surface area contributed by atoms with Crippen LogP contribution in [0, 0.1) is 5.92 Å². The molecule has 0 spiro atoms. The van der Waals surface area contributed by atoms with Gasteiger partial charge in [-0.25, -0.2) is 0 Å². The minimum Gasteiger partial charge on any atom is -0.353 e. The summed E-state index contributed by atoms with van der Waals surface area (Å²) in [6.07, 6.45) is 0.742. The summed E-state index contributed by atoms with van der Waals surface area (Å²) in [4.78, 5) is 16.4. The molecule has 1 fully saturated rings. The Morgan fingerprint density at radius 1 is 1.39 bits per heavy atom. The van der Waals surface area contributed by atoms with Gasteiger partial charge in [0.05, 0.1) is 6.04 Å². The van der Waals surface area contributed by atoms with Crippen LogP contribution in [0.1, 0.15) is 20.3 Å². The molecule has 1 unspecified atom stereocenters. The zero-order chi connectivity index (χ0) is 13.7. The highest BCUT2D eigenvalue weighted by Crippen LogP contribution is 2.06. The second-order valence-corrected chi connectivity index (χ2v) is 5.88. The molecule has 0 aromatic rings. The summed E-state index contributed by atoms with van der Waals surface area (Å²) in [5, 5.41) is 2.98. The van der Waals surface area contributed by atoms with E-state index in [0.29, 0.717) is 18.5 Å². The van der Waals surface area contributed by atoms with Gasteiger partial charge in [-0.2, -0.15) is 0 Å². The Morgan fingerprint density at radius 3 is 2.67 bits per heavy atom. The van der Waals surface area contributed by atoms with Gasteiger partial charge in [-0.1, -0.05) is 13.8 Å². The molecule has 5 nitrogen and oxygen atoms in total. The maximum absolute atomic E-state index is 11.8. The first-order chi connectivity index (χ1) is 8.40. The molecular weight excluding hydrogens is 228 g/mol. The van der Waals surface area contributed by atoms with Crippen LogP contribution in [0.15, 0.2) is 0 Å². The van der Waals surface area contributed by atoms with Gasteiger partial charge in [-0.05, 0) is 26.4 Å². The van der Waals surface area contributed by atoms with Gasteiger partial charge in [0.1, 0.15) is 0 Å². The van der Waals surface area contributed by atoms with E-state index in [4.69, 9.17) is 5.73 Å². The molecule has 0 saturated carbocycles. The first-order valence-corrected chi connectivity index (χ1v) is 6.82. The number of nitrogens with zero attached hydrogens (tertiary/aromatic N) is 2. The Bertz CT molecular complexity index is 270. The Kier molecular flexibility index (Phi) is 6.05. The smallest absolute Gasteiger partial charge is 0.236 e. The van der Waals surface area contributed by atoms with Crippen LogP contribution in [0.3, 0.4) is 0 Å². The summed E-state index contributed by atoms with van der Waals surface area (Å²) >= 11 is 0. The maximum Gasteiger partial charge on any atom is 0.236 e. The largest absolute Gasteiger partial charge is 0.353 e. The molecule has 1 aliphatic rings. The number of nitrogens with two attached hydrogens (primary N) is 1. The monoisotopic (exact) mass is 256 g/mol. The number of rotatable bonds is 5. The molecule has 0 aliphatic carbocycles. The minimum absolute atomic E-state index is 0.0228. The van der Waals surface area contributed by atoms with Gasteiger partial charge < -0.3 is 16.0 Å². The van der Waals surface area contributed by atoms with Crippen molar-refractivity contribution < 1.29 is 4.79 Å². The van der Waals surface area contributed by atoms with Gasteiger partial charge >= 0.3 is 0 Å². The number of amides is 1. The summed E-state index contributed by atoms with van der Waals surface area (Å²) in [5.74, 6) is 0.430. The van der Waals surface area contributed by atoms with Crippen LogP contribution in [0.2, 0.25) is 0 Å². The summed E-state index contributed by atoms with van der Waals surface area (Å²) in [6.45, 7) is 7.98. The lowest BCUT2D eigenvalue weighted by atomic mass is 10.0. The molecule has 1 amide bonds. The Hall–Kier alpha value is -0.650. The number of carbonyl (C=O) groups is 1. The van der Waals surface area contributed by atoms with E-state index < -0.39 is 0 Å². The summed E-state index contributed by atoms with van der Waals surface area (Å²) in [6, 6.07) is 0.00979. The van der Waals surface area contributed by atoms with E-state index in [1.165, 1.54) is 0 Å². The van der Waals surface area contributed by atoms with Crippen molar-refractivity contribution in [3.63, 3.8) is 0 Å². The zero-order valence-corrected chi connectivity index (χ0v) is 12.1. The first-order valence-electron chi connectivity index (χ1n) is 6.82. The van der Waals surface area contributed by atoms with Gasteiger partial charge in [0.15, 0.2) is 0 Å². The second kappa shape index (κ2) is 7.07. The molecule has 0 bridgehead atoms. The lowest BCUT2D eigenvalue weighted by Crippen LogP contribution is -2.55. The average molecular weight is 256 g/mol. The van der Waals surface area contributed by atoms with E-state index in [1.54, 1.807) is 0 Å². The van der Waals surface area contributed by atoms with Gasteiger partial charge in [0.2, 0.25) is 5.91 Å². The van der Waals surface area contributed by atoms with Crippen LogP contribution in [0.4, 0.5) is 0 Å². The van der Waals surface area contributed by atoms with E-state index >= 15 is 0 Å². The van der Waals surface area contributed by atoms with E-state index in [9.17, 15) is 4.79 Å². The highest BCUT2D eigenvalue weighted by atomic mass is 16.2. The SMILES string of the molecule is CC(C)C[C@H](N)C(=O)NCC1CN(C)CCN1C. The fourth-order valence-electron chi connectivity index (χ4n) is 2.29. The zero-order valence-electron chi connectivity index (χ0n) is 12.1. The molecule has 1 heterocycles. The van der Waals surface area contributed by atoms with Crippen LogP contribution >= 0.6 is 0 Å². The van der Waals surface area contributed by atoms with E-state index in [-0.39, 0.29) is 11.9 Å². The van der Waals surface area contributed by atoms with Gasteiger partial charge in [-0.3, -0.25) is 9.69 Å². The van der Waals surface area contributed by atoms with E-state index in [0.717, 1.165) is 26.1 Å². The van der Waals surface area contributed by atoms with Crippen LogP contribution in [0.25, 0.3) is 0 Å². The van der Waals surface area contributed by atoms with E-state index in [1.807, 2.05) is 0 Å². The van der Waals surface area contributed by atoms with Crippen molar-refractivity contribution in [1.82, 2.24) is 15.1 Å². The Balaban J connectivity index is 2.32. The summed E-state index contributed by atoms with van der Waals surface area (Å²) < 4.78 is 0. The molecule has 1 saturated heterocycles. The molecule has 0 aromatic heterocycles. The molecule has 5 heteroatoms. The van der Waals surface area contributed by atoms with Crippen molar-refractivity contribution in [3.05, 3.63) is 0 Å². The normalized spacial score (nSPS) is 24.2. The molecule has 1 aliphatic heterocycles. The predicted octanol–water partition coefficient (Wildman–Crippen LogP) is -0.278. The number of hydrogen-bond donors (Lipinski definition) is 2. The Morgan fingerprint density at radius 2 is 2.06 bits per heavy atom. The number of piperazine rings is 1. The molecule has 106 valence electrons. The molecule has 0 radical (unpaired) electrons. The topological polar surface area (TPSA) is 61.6 Å². The van der Waals surface area contributed by atoms with Crippen molar-refractivity contribution >= 4 is 5.91 Å². The lowest BCUT2D eigenvalue weighted by Gasteiger charge is -2.37. The minimum atomic E-state index is -0.378. The lowest BCUT2D eigenvalue weighted by molar-refractivity contribution is -0.123. The van der Waals surface area contributed by atoms with Crippen molar-refractivity contribution in [2.75, 3.05) is 40.3 Å². The van der Waals surface area contributed by atoms with Crippen LogP contribution < -0.4 is 11.1 Å². The molecular formula is C13H28N4O. The maximum atomic E-state index is 11.8. The standard InChI is InChI=1S/C13H28N4O/c1-10(2)7-12(14)13(18)15-8-11-9-16(3)5-6-17(11)4/h10-12H,5-9,14H2,1-4H3,(H,15,18)/t11?,12-/m0/s1. The van der Waals surface area contributed by atoms with Crippen molar-refractivity contribution in [2.24, 2.45) is 11.7 Å². The van der Waals surface area contributed by atoms with Crippen molar-refractivity contribution in [3.8, 4) is 0 Å². The molecule has 1 rings (SSSR count). The van der Waals surface area contributed by atoms with Gasteiger partial charge in [-0.15, -0.1) is 0 Å². The summed E-state index contributed by atoms with van der Waals surface area (Å²) in [5.41, 5.74) is 5.86. The molecule has 3 N–H and O–H groups in total. The fraction of sp³-hybridized carbons (Fsp3) is 0.923.